The van der Waals surface area contributed by atoms with Gasteiger partial charge in [-0.05, 0) is 54.3 Å². The van der Waals surface area contributed by atoms with Gasteiger partial charge < -0.3 is 10.2 Å². The molecule has 0 aliphatic heterocycles. The summed E-state index contributed by atoms with van der Waals surface area (Å²) in [5.41, 5.74) is 0.677. The van der Waals surface area contributed by atoms with E-state index < -0.39 is 34.3 Å². The molecule has 0 aliphatic carbocycles. The third kappa shape index (κ3) is 8.37. The molecule has 2 rings (SSSR count). The van der Waals surface area contributed by atoms with Crippen molar-refractivity contribution < 1.29 is 22.4 Å². The van der Waals surface area contributed by atoms with E-state index in [0.717, 1.165) is 22.7 Å². The Labute approximate surface area is 216 Å². The van der Waals surface area contributed by atoms with Gasteiger partial charge in [0.1, 0.15) is 18.4 Å². The number of benzene rings is 2. The number of sulfonamides is 1. The van der Waals surface area contributed by atoms with E-state index in [1.54, 1.807) is 19.1 Å². The SMILES string of the molecule is CCC(C(=O)NCC(C)C)N(Cc1ccc(Cl)cc1Cl)C(=O)CN(c1ccc(F)cc1)S(C)(=O)=O. The van der Waals surface area contributed by atoms with Crippen molar-refractivity contribution in [1.82, 2.24) is 10.2 Å². The summed E-state index contributed by atoms with van der Waals surface area (Å²) < 4.78 is 39.3. The normalized spacial score (nSPS) is 12.3. The number of carbonyl (C=O) groups is 2. The molecule has 7 nitrogen and oxygen atoms in total. The fourth-order valence-electron chi connectivity index (χ4n) is 3.40. The van der Waals surface area contributed by atoms with E-state index in [9.17, 15) is 22.4 Å². The van der Waals surface area contributed by atoms with E-state index in [0.29, 0.717) is 22.2 Å². The Kier molecular flexibility index (Phi) is 10.4. The van der Waals surface area contributed by atoms with Crippen LogP contribution in [0.4, 0.5) is 10.1 Å². The lowest BCUT2D eigenvalue weighted by atomic mass is 10.1. The fraction of sp³-hybridized carbons (Fsp3) is 0.417. The maximum absolute atomic E-state index is 13.6. The minimum atomic E-state index is -3.90. The summed E-state index contributed by atoms with van der Waals surface area (Å²) in [7, 11) is -3.90. The van der Waals surface area contributed by atoms with E-state index in [2.05, 4.69) is 5.32 Å². The second-order valence-electron chi connectivity index (χ2n) is 8.57. The average molecular weight is 546 g/mol. The molecule has 192 valence electrons. The number of anilines is 1. The summed E-state index contributed by atoms with van der Waals surface area (Å²) in [4.78, 5) is 27.9. The lowest BCUT2D eigenvalue weighted by Crippen LogP contribution is -2.52. The van der Waals surface area contributed by atoms with Crippen molar-refractivity contribution >= 4 is 50.7 Å². The highest BCUT2D eigenvalue weighted by atomic mass is 35.5. The Morgan fingerprint density at radius 3 is 2.23 bits per heavy atom. The third-order valence-electron chi connectivity index (χ3n) is 5.22. The molecule has 2 amide bonds. The first-order valence-electron chi connectivity index (χ1n) is 11.1. The van der Waals surface area contributed by atoms with Crippen LogP contribution in [0.1, 0.15) is 32.8 Å². The minimum absolute atomic E-state index is 0.0382. The Bertz CT molecular complexity index is 1140. The molecule has 11 heteroatoms. The van der Waals surface area contributed by atoms with Crippen LogP contribution in [0.15, 0.2) is 42.5 Å². The molecule has 0 heterocycles. The third-order valence-corrected chi connectivity index (χ3v) is 6.95. The summed E-state index contributed by atoms with van der Waals surface area (Å²) in [5.74, 6) is -1.31. The predicted molar refractivity (Wildman–Crippen MR) is 138 cm³/mol. The molecule has 0 bridgehead atoms. The number of rotatable bonds is 11. The largest absolute Gasteiger partial charge is 0.354 e. The highest BCUT2D eigenvalue weighted by Crippen LogP contribution is 2.25. The van der Waals surface area contributed by atoms with Crippen LogP contribution in [-0.2, 0) is 26.2 Å². The second-order valence-corrected chi connectivity index (χ2v) is 11.3. The van der Waals surface area contributed by atoms with Crippen molar-refractivity contribution in [3.8, 4) is 0 Å². The summed E-state index contributed by atoms with van der Waals surface area (Å²) in [6.07, 6.45) is 1.24. The monoisotopic (exact) mass is 545 g/mol. The summed E-state index contributed by atoms with van der Waals surface area (Å²) in [6, 6.07) is 8.69. The molecule has 0 aromatic heterocycles. The minimum Gasteiger partial charge on any atom is -0.354 e. The van der Waals surface area contributed by atoms with Crippen molar-refractivity contribution in [2.45, 2.75) is 39.8 Å². The molecule has 0 radical (unpaired) electrons. The number of hydrogen-bond donors (Lipinski definition) is 1. The van der Waals surface area contributed by atoms with Crippen LogP contribution in [0.3, 0.4) is 0 Å². The zero-order chi connectivity index (χ0) is 26.3. The first kappa shape index (κ1) is 28.9. The van der Waals surface area contributed by atoms with Gasteiger partial charge in [-0.25, -0.2) is 12.8 Å². The Morgan fingerprint density at radius 1 is 1.09 bits per heavy atom. The van der Waals surface area contributed by atoms with Crippen LogP contribution in [-0.4, -0.2) is 50.5 Å². The molecule has 0 aliphatic rings. The molecule has 0 spiro atoms. The van der Waals surface area contributed by atoms with Gasteiger partial charge in [-0.3, -0.25) is 13.9 Å². The second kappa shape index (κ2) is 12.6. The average Bonchev–Trinajstić information content (AvgIpc) is 2.77. The summed E-state index contributed by atoms with van der Waals surface area (Å²) in [5, 5.41) is 3.57. The van der Waals surface area contributed by atoms with Gasteiger partial charge in [-0.2, -0.15) is 0 Å². The van der Waals surface area contributed by atoms with Crippen LogP contribution in [0, 0.1) is 11.7 Å². The highest BCUT2D eigenvalue weighted by Gasteiger charge is 2.32. The number of hydrogen-bond acceptors (Lipinski definition) is 4. The topological polar surface area (TPSA) is 86.8 Å². The van der Waals surface area contributed by atoms with E-state index in [1.165, 1.54) is 23.1 Å². The summed E-state index contributed by atoms with van der Waals surface area (Å²) in [6.45, 7) is 5.46. The summed E-state index contributed by atoms with van der Waals surface area (Å²) >= 11 is 12.3. The number of amides is 2. The lowest BCUT2D eigenvalue weighted by molar-refractivity contribution is -0.140. The smallest absolute Gasteiger partial charge is 0.244 e. The molecule has 35 heavy (non-hydrogen) atoms. The van der Waals surface area contributed by atoms with Gasteiger partial charge in [-0.1, -0.05) is 50.0 Å². The number of halogens is 3. The van der Waals surface area contributed by atoms with Crippen molar-refractivity contribution in [2.24, 2.45) is 5.92 Å². The van der Waals surface area contributed by atoms with Crippen LogP contribution in [0.5, 0.6) is 0 Å². The molecule has 2 aromatic rings. The Balaban J connectivity index is 2.44. The van der Waals surface area contributed by atoms with E-state index in [1.807, 2.05) is 13.8 Å². The molecular weight excluding hydrogens is 516 g/mol. The molecule has 1 atom stereocenters. The van der Waals surface area contributed by atoms with Gasteiger partial charge in [0.15, 0.2) is 0 Å². The zero-order valence-corrected chi connectivity index (χ0v) is 22.4. The highest BCUT2D eigenvalue weighted by molar-refractivity contribution is 7.92. The van der Waals surface area contributed by atoms with Crippen LogP contribution in [0.25, 0.3) is 0 Å². The van der Waals surface area contributed by atoms with Gasteiger partial charge in [0.25, 0.3) is 0 Å². The van der Waals surface area contributed by atoms with Crippen LogP contribution < -0.4 is 9.62 Å². The number of nitrogens with one attached hydrogen (secondary N) is 1. The Hall–Kier alpha value is -2.36. The van der Waals surface area contributed by atoms with Gasteiger partial charge in [0.05, 0.1) is 11.9 Å². The van der Waals surface area contributed by atoms with E-state index in [4.69, 9.17) is 23.2 Å². The fourth-order valence-corrected chi connectivity index (χ4v) is 4.71. The first-order chi connectivity index (χ1) is 16.3. The van der Waals surface area contributed by atoms with Crippen molar-refractivity contribution in [1.29, 1.82) is 0 Å². The molecule has 0 saturated carbocycles. The van der Waals surface area contributed by atoms with Crippen molar-refractivity contribution in [3.63, 3.8) is 0 Å². The number of nitrogens with zero attached hydrogens (tertiary/aromatic N) is 2. The van der Waals surface area contributed by atoms with Crippen LogP contribution >= 0.6 is 23.2 Å². The van der Waals surface area contributed by atoms with Gasteiger partial charge in [0.2, 0.25) is 21.8 Å². The van der Waals surface area contributed by atoms with Crippen LogP contribution in [0.2, 0.25) is 10.0 Å². The maximum Gasteiger partial charge on any atom is 0.244 e. The first-order valence-corrected chi connectivity index (χ1v) is 13.7. The van der Waals surface area contributed by atoms with Gasteiger partial charge >= 0.3 is 0 Å². The van der Waals surface area contributed by atoms with E-state index >= 15 is 0 Å². The quantitative estimate of drug-likeness (QED) is 0.451. The van der Waals surface area contributed by atoms with E-state index in [-0.39, 0.29) is 30.5 Å². The molecule has 0 saturated heterocycles. The zero-order valence-electron chi connectivity index (χ0n) is 20.1. The Morgan fingerprint density at radius 2 is 1.71 bits per heavy atom. The number of carbonyl (C=O) groups excluding carboxylic acids is 2. The maximum atomic E-state index is 13.6. The molecule has 2 aromatic carbocycles. The molecular formula is C24H30Cl2FN3O4S. The molecule has 0 fully saturated rings. The van der Waals surface area contributed by atoms with Crippen molar-refractivity contribution in [3.05, 3.63) is 63.9 Å². The molecule has 1 unspecified atom stereocenters. The van der Waals surface area contributed by atoms with Gasteiger partial charge in [0, 0.05) is 23.1 Å². The lowest BCUT2D eigenvalue weighted by Gasteiger charge is -2.33. The predicted octanol–water partition coefficient (Wildman–Crippen LogP) is 4.48. The van der Waals surface area contributed by atoms with Crippen molar-refractivity contribution in [2.75, 3.05) is 23.7 Å². The molecule has 1 N–H and O–H groups in total. The standard InChI is InChI=1S/C24H30Cl2FN3O4S/c1-5-22(24(32)28-13-16(2)3)29(14-17-6-7-18(25)12-21(17)26)23(31)15-30(35(4,33)34)20-10-8-19(27)9-11-20/h6-12,16,22H,5,13-15H2,1-4H3,(H,28,32). The van der Waals surface area contributed by atoms with Gasteiger partial charge in [-0.15, -0.1) is 0 Å².